The molecule has 2 amide bonds. The molecule has 0 radical (unpaired) electrons. The summed E-state index contributed by atoms with van der Waals surface area (Å²) in [6.45, 7) is 3.26. The van der Waals surface area contributed by atoms with Crippen LogP contribution in [0, 0.1) is 0 Å². The van der Waals surface area contributed by atoms with Crippen molar-refractivity contribution in [2.45, 2.75) is 13.0 Å². The SMILES string of the molecule is CNC1=CC(C)[NH+](CCN2C(=O)c3ccccc3C2=O)C=C1. The molecule has 5 heteroatoms. The summed E-state index contributed by atoms with van der Waals surface area (Å²) in [5, 5.41) is 3.12. The Hall–Kier alpha value is -2.40. The molecule has 5 nitrogen and oxygen atoms in total. The lowest BCUT2D eigenvalue weighted by molar-refractivity contribution is -0.864. The summed E-state index contributed by atoms with van der Waals surface area (Å²) in [7, 11) is 1.90. The molecule has 0 saturated heterocycles. The number of nitrogens with zero attached hydrogens (tertiary/aromatic N) is 1. The first kappa shape index (κ1) is 14.5. The second kappa shape index (κ2) is 5.77. The highest BCUT2D eigenvalue weighted by Gasteiger charge is 2.35. The van der Waals surface area contributed by atoms with Crippen molar-refractivity contribution in [1.82, 2.24) is 10.2 Å². The number of carbonyl (C=O) groups is 2. The predicted octanol–water partition coefficient (Wildman–Crippen LogP) is 0.187. The quantitative estimate of drug-likeness (QED) is 0.780. The normalized spacial score (nSPS) is 23.5. The van der Waals surface area contributed by atoms with E-state index in [4.69, 9.17) is 0 Å². The van der Waals surface area contributed by atoms with Gasteiger partial charge in [0.1, 0.15) is 12.6 Å². The third-order valence-electron chi connectivity index (χ3n) is 4.28. The van der Waals surface area contributed by atoms with E-state index >= 15 is 0 Å². The van der Waals surface area contributed by atoms with E-state index in [9.17, 15) is 9.59 Å². The third-order valence-corrected chi connectivity index (χ3v) is 4.28. The highest BCUT2D eigenvalue weighted by molar-refractivity contribution is 6.21. The molecule has 1 aromatic rings. The number of hydrogen-bond acceptors (Lipinski definition) is 3. The molecular formula is C17H20N3O2+. The van der Waals surface area contributed by atoms with Crippen LogP contribution in [-0.4, -0.2) is 42.9 Å². The van der Waals surface area contributed by atoms with Crippen LogP contribution in [0.1, 0.15) is 27.6 Å². The summed E-state index contributed by atoms with van der Waals surface area (Å²) in [6.07, 6.45) is 6.25. The average molecular weight is 298 g/mol. The fraction of sp³-hybridized carbons (Fsp3) is 0.294. The lowest BCUT2D eigenvalue weighted by Gasteiger charge is -2.25. The lowest BCUT2D eigenvalue weighted by atomic mass is 10.1. The van der Waals surface area contributed by atoms with Crippen molar-refractivity contribution < 1.29 is 14.5 Å². The zero-order valence-electron chi connectivity index (χ0n) is 12.8. The molecule has 2 N–H and O–H groups in total. The van der Waals surface area contributed by atoms with Crippen LogP contribution in [0.25, 0.3) is 0 Å². The number of carbonyl (C=O) groups excluding carboxylic acids is 2. The molecule has 2 unspecified atom stereocenters. The Morgan fingerprint density at radius 2 is 1.82 bits per heavy atom. The molecule has 114 valence electrons. The number of hydrogen-bond donors (Lipinski definition) is 2. The molecule has 0 fully saturated rings. The first-order valence-electron chi connectivity index (χ1n) is 7.50. The van der Waals surface area contributed by atoms with Gasteiger partial charge >= 0.3 is 0 Å². The van der Waals surface area contributed by atoms with Gasteiger partial charge in [-0.2, -0.15) is 0 Å². The van der Waals surface area contributed by atoms with E-state index in [1.165, 1.54) is 9.80 Å². The maximum Gasteiger partial charge on any atom is 0.261 e. The molecule has 2 aliphatic rings. The molecule has 22 heavy (non-hydrogen) atoms. The minimum absolute atomic E-state index is 0.180. The summed E-state index contributed by atoms with van der Waals surface area (Å²) in [5.41, 5.74) is 2.13. The Morgan fingerprint density at radius 3 is 2.36 bits per heavy atom. The van der Waals surface area contributed by atoms with E-state index in [0.29, 0.717) is 30.3 Å². The first-order valence-corrected chi connectivity index (χ1v) is 7.50. The number of fused-ring (bicyclic) bond motifs is 1. The molecule has 2 atom stereocenters. The standard InChI is InChI=1S/C17H19N3O2/c1-12-11-13(18-2)7-8-19(12)9-10-20-16(21)14-5-3-4-6-15(14)17(20)22/h3-8,11-12,18H,9-10H2,1-2H3/p+1. The smallest absolute Gasteiger partial charge is 0.261 e. The van der Waals surface area contributed by atoms with Crippen LogP contribution in [0.4, 0.5) is 0 Å². The summed E-state index contributed by atoms with van der Waals surface area (Å²) >= 11 is 0. The van der Waals surface area contributed by atoms with Crippen molar-refractivity contribution in [2.75, 3.05) is 20.1 Å². The number of allylic oxidation sites excluding steroid dienone is 1. The van der Waals surface area contributed by atoms with Crippen LogP contribution in [0.2, 0.25) is 0 Å². The summed E-state index contributed by atoms with van der Waals surface area (Å²) < 4.78 is 0. The lowest BCUT2D eigenvalue weighted by Crippen LogP contribution is -3.12. The zero-order valence-corrected chi connectivity index (χ0v) is 12.8. The van der Waals surface area contributed by atoms with E-state index < -0.39 is 0 Å². The van der Waals surface area contributed by atoms with Crippen molar-refractivity contribution in [1.29, 1.82) is 0 Å². The van der Waals surface area contributed by atoms with E-state index in [2.05, 4.69) is 24.5 Å². The minimum Gasteiger partial charge on any atom is -0.388 e. The van der Waals surface area contributed by atoms with Crippen LogP contribution in [0.3, 0.4) is 0 Å². The highest BCUT2D eigenvalue weighted by Crippen LogP contribution is 2.21. The van der Waals surface area contributed by atoms with Gasteiger partial charge in [-0.05, 0) is 25.1 Å². The molecular weight excluding hydrogens is 278 g/mol. The zero-order chi connectivity index (χ0) is 15.7. The van der Waals surface area contributed by atoms with E-state index in [-0.39, 0.29) is 11.8 Å². The molecule has 0 aromatic heterocycles. The second-order valence-electron chi connectivity index (χ2n) is 5.63. The number of imide groups is 1. The van der Waals surface area contributed by atoms with Crippen molar-refractivity contribution >= 4 is 11.8 Å². The Morgan fingerprint density at radius 1 is 1.18 bits per heavy atom. The fourth-order valence-electron chi connectivity index (χ4n) is 2.94. The largest absolute Gasteiger partial charge is 0.388 e. The number of amides is 2. The molecule has 0 aliphatic carbocycles. The number of quaternary nitrogens is 1. The fourth-order valence-corrected chi connectivity index (χ4v) is 2.94. The molecule has 1 aromatic carbocycles. The molecule has 0 bridgehead atoms. The Labute approximate surface area is 129 Å². The van der Waals surface area contributed by atoms with Crippen LogP contribution in [-0.2, 0) is 0 Å². The van der Waals surface area contributed by atoms with Gasteiger partial charge in [0.2, 0.25) is 0 Å². The number of rotatable bonds is 4. The maximum atomic E-state index is 12.3. The van der Waals surface area contributed by atoms with Gasteiger partial charge in [0, 0.05) is 18.8 Å². The molecule has 2 aliphatic heterocycles. The average Bonchev–Trinajstić information content (AvgIpc) is 2.78. The van der Waals surface area contributed by atoms with Gasteiger partial charge in [0.05, 0.1) is 23.9 Å². The summed E-state index contributed by atoms with van der Waals surface area (Å²) in [5.74, 6) is -0.361. The van der Waals surface area contributed by atoms with E-state index in [1.807, 2.05) is 13.1 Å². The van der Waals surface area contributed by atoms with Crippen LogP contribution in [0.5, 0.6) is 0 Å². The molecule has 3 rings (SSSR count). The second-order valence-corrected chi connectivity index (χ2v) is 5.63. The third kappa shape index (κ3) is 2.44. The minimum atomic E-state index is -0.180. The monoisotopic (exact) mass is 298 g/mol. The molecule has 0 spiro atoms. The van der Waals surface area contributed by atoms with Gasteiger partial charge in [-0.1, -0.05) is 12.1 Å². The van der Waals surface area contributed by atoms with Crippen molar-refractivity contribution in [3.8, 4) is 0 Å². The topological polar surface area (TPSA) is 53.9 Å². The first-order chi connectivity index (χ1) is 10.6. The highest BCUT2D eigenvalue weighted by atomic mass is 16.2. The molecule has 2 heterocycles. The Kier molecular flexibility index (Phi) is 3.81. The number of benzene rings is 1. The van der Waals surface area contributed by atoms with Crippen LogP contribution >= 0.6 is 0 Å². The molecule has 0 saturated carbocycles. The summed E-state index contributed by atoms with van der Waals surface area (Å²) in [6, 6.07) is 7.32. The van der Waals surface area contributed by atoms with Gasteiger partial charge in [-0.25, -0.2) is 0 Å². The Balaban J connectivity index is 1.67. The van der Waals surface area contributed by atoms with Gasteiger partial charge in [0.25, 0.3) is 11.8 Å². The van der Waals surface area contributed by atoms with Gasteiger partial charge in [-0.3, -0.25) is 14.5 Å². The van der Waals surface area contributed by atoms with Crippen LogP contribution < -0.4 is 10.2 Å². The van der Waals surface area contributed by atoms with Crippen molar-refractivity contribution in [3.05, 3.63) is 59.4 Å². The number of likely N-dealkylation sites (N-methyl/N-ethyl adjacent to an activating group) is 1. The predicted molar refractivity (Wildman–Crippen MR) is 83.4 cm³/mol. The summed E-state index contributed by atoms with van der Waals surface area (Å²) in [4.78, 5) is 27.2. The van der Waals surface area contributed by atoms with E-state index in [0.717, 1.165) is 5.70 Å². The van der Waals surface area contributed by atoms with Gasteiger partial charge in [-0.15, -0.1) is 0 Å². The van der Waals surface area contributed by atoms with E-state index in [1.54, 1.807) is 24.3 Å². The van der Waals surface area contributed by atoms with Gasteiger partial charge < -0.3 is 10.2 Å². The maximum absolute atomic E-state index is 12.3. The van der Waals surface area contributed by atoms with Crippen molar-refractivity contribution in [3.63, 3.8) is 0 Å². The number of nitrogens with one attached hydrogen (secondary N) is 2. The van der Waals surface area contributed by atoms with Crippen molar-refractivity contribution in [2.24, 2.45) is 0 Å². The van der Waals surface area contributed by atoms with Crippen LogP contribution in [0.15, 0.2) is 48.3 Å². The Bertz CT molecular complexity index is 643. The van der Waals surface area contributed by atoms with Gasteiger partial charge in [0.15, 0.2) is 0 Å².